The van der Waals surface area contributed by atoms with E-state index < -0.39 is 0 Å². The molecule has 13 heavy (non-hydrogen) atoms. The van der Waals surface area contributed by atoms with Crippen molar-refractivity contribution in [2.75, 3.05) is 13.1 Å². The van der Waals surface area contributed by atoms with Crippen LogP contribution in [0.4, 0.5) is 0 Å². The summed E-state index contributed by atoms with van der Waals surface area (Å²) in [5, 5.41) is 0. The van der Waals surface area contributed by atoms with Crippen molar-refractivity contribution in [3.63, 3.8) is 0 Å². The molecule has 1 aliphatic rings. The SMILES string of the molecule is CCC(CC)C(=O)N1CC=CCC1. The molecule has 2 nitrogen and oxygen atoms in total. The quantitative estimate of drug-likeness (QED) is 0.611. The molecule has 74 valence electrons. The Balaban J connectivity index is 2.50. The van der Waals surface area contributed by atoms with Crippen LogP contribution in [0, 0.1) is 5.92 Å². The lowest BCUT2D eigenvalue weighted by molar-refractivity contribution is -0.135. The van der Waals surface area contributed by atoms with Crippen molar-refractivity contribution >= 4 is 5.91 Å². The zero-order valence-corrected chi connectivity index (χ0v) is 8.62. The molecular weight excluding hydrogens is 162 g/mol. The van der Waals surface area contributed by atoms with Gasteiger partial charge >= 0.3 is 0 Å². The molecule has 0 fully saturated rings. The second kappa shape index (κ2) is 5.05. The third-order valence-corrected chi connectivity index (χ3v) is 2.70. The minimum absolute atomic E-state index is 0.242. The largest absolute Gasteiger partial charge is 0.338 e. The van der Waals surface area contributed by atoms with E-state index in [0.29, 0.717) is 5.91 Å². The molecule has 0 unspecified atom stereocenters. The molecule has 0 saturated heterocycles. The van der Waals surface area contributed by atoms with E-state index in [1.807, 2.05) is 4.90 Å². The van der Waals surface area contributed by atoms with Crippen LogP contribution >= 0.6 is 0 Å². The van der Waals surface area contributed by atoms with Crippen LogP contribution in [0.2, 0.25) is 0 Å². The van der Waals surface area contributed by atoms with E-state index in [1.54, 1.807) is 0 Å². The number of hydrogen-bond acceptors (Lipinski definition) is 1. The van der Waals surface area contributed by atoms with Crippen molar-refractivity contribution in [2.45, 2.75) is 33.1 Å². The third kappa shape index (κ3) is 2.58. The Kier molecular flexibility index (Phi) is 4.00. The predicted octanol–water partition coefficient (Wildman–Crippen LogP) is 2.21. The highest BCUT2D eigenvalue weighted by molar-refractivity contribution is 5.79. The molecule has 0 bridgehead atoms. The predicted molar refractivity (Wildman–Crippen MR) is 54.4 cm³/mol. The second-order valence-corrected chi connectivity index (χ2v) is 3.56. The fourth-order valence-corrected chi connectivity index (χ4v) is 1.74. The van der Waals surface area contributed by atoms with Crippen LogP contribution in [0.25, 0.3) is 0 Å². The van der Waals surface area contributed by atoms with Gasteiger partial charge in [0.25, 0.3) is 0 Å². The van der Waals surface area contributed by atoms with Crippen LogP contribution in [0.3, 0.4) is 0 Å². The maximum Gasteiger partial charge on any atom is 0.225 e. The van der Waals surface area contributed by atoms with Gasteiger partial charge in [-0.15, -0.1) is 0 Å². The fourth-order valence-electron chi connectivity index (χ4n) is 1.74. The average Bonchev–Trinajstić information content (AvgIpc) is 2.21. The number of rotatable bonds is 3. The molecule has 1 amide bonds. The lowest BCUT2D eigenvalue weighted by Gasteiger charge is -2.27. The van der Waals surface area contributed by atoms with Gasteiger partial charge in [0.2, 0.25) is 5.91 Å². The van der Waals surface area contributed by atoms with Crippen molar-refractivity contribution in [3.05, 3.63) is 12.2 Å². The van der Waals surface area contributed by atoms with Gasteiger partial charge in [-0.05, 0) is 19.3 Å². The van der Waals surface area contributed by atoms with Crippen LogP contribution < -0.4 is 0 Å². The number of carbonyl (C=O) groups excluding carboxylic acids is 1. The van der Waals surface area contributed by atoms with Crippen LogP contribution in [-0.2, 0) is 4.79 Å². The molecule has 1 rings (SSSR count). The first-order valence-corrected chi connectivity index (χ1v) is 5.23. The molecule has 0 spiro atoms. The minimum Gasteiger partial charge on any atom is -0.338 e. The normalized spacial score (nSPS) is 16.7. The summed E-state index contributed by atoms with van der Waals surface area (Å²) in [5.41, 5.74) is 0. The van der Waals surface area contributed by atoms with Gasteiger partial charge in [0.1, 0.15) is 0 Å². The molecule has 1 heterocycles. The minimum atomic E-state index is 0.242. The first-order valence-electron chi connectivity index (χ1n) is 5.23. The maximum atomic E-state index is 11.9. The van der Waals surface area contributed by atoms with E-state index in [1.165, 1.54) is 0 Å². The Bertz CT molecular complexity index is 194. The van der Waals surface area contributed by atoms with Crippen molar-refractivity contribution in [2.24, 2.45) is 5.92 Å². The molecule has 0 aliphatic carbocycles. The highest BCUT2D eigenvalue weighted by atomic mass is 16.2. The van der Waals surface area contributed by atoms with E-state index in [4.69, 9.17) is 0 Å². The van der Waals surface area contributed by atoms with Crippen molar-refractivity contribution < 1.29 is 4.79 Å². The Morgan fingerprint density at radius 1 is 1.38 bits per heavy atom. The summed E-state index contributed by atoms with van der Waals surface area (Å²) in [7, 11) is 0. The number of amides is 1. The standard InChI is InChI=1S/C11H19NO/c1-3-10(4-2)11(13)12-8-6-5-7-9-12/h5-6,10H,3-4,7-9H2,1-2H3. The molecule has 0 aromatic carbocycles. The van der Waals surface area contributed by atoms with Gasteiger partial charge in [-0.3, -0.25) is 4.79 Å². The highest BCUT2D eigenvalue weighted by Crippen LogP contribution is 2.13. The molecule has 1 aliphatic heterocycles. The van der Waals surface area contributed by atoms with Gasteiger partial charge in [0, 0.05) is 19.0 Å². The molecule has 0 saturated carbocycles. The second-order valence-electron chi connectivity index (χ2n) is 3.56. The van der Waals surface area contributed by atoms with Crippen LogP contribution in [-0.4, -0.2) is 23.9 Å². The zero-order chi connectivity index (χ0) is 9.68. The Morgan fingerprint density at radius 2 is 2.08 bits per heavy atom. The average molecular weight is 181 g/mol. The van der Waals surface area contributed by atoms with Gasteiger partial charge < -0.3 is 4.90 Å². The summed E-state index contributed by atoms with van der Waals surface area (Å²) in [5.74, 6) is 0.584. The lowest BCUT2D eigenvalue weighted by Crippen LogP contribution is -2.37. The van der Waals surface area contributed by atoms with Gasteiger partial charge in [0.15, 0.2) is 0 Å². The number of hydrogen-bond donors (Lipinski definition) is 0. The van der Waals surface area contributed by atoms with Crippen LogP contribution in [0.5, 0.6) is 0 Å². The smallest absolute Gasteiger partial charge is 0.225 e. The summed E-state index contributed by atoms with van der Waals surface area (Å²) in [6, 6.07) is 0. The summed E-state index contributed by atoms with van der Waals surface area (Å²) in [6.45, 7) is 5.90. The first-order chi connectivity index (χ1) is 6.29. The maximum absolute atomic E-state index is 11.9. The van der Waals surface area contributed by atoms with E-state index in [2.05, 4.69) is 26.0 Å². The van der Waals surface area contributed by atoms with Crippen LogP contribution in [0.15, 0.2) is 12.2 Å². The topological polar surface area (TPSA) is 20.3 Å². The fraction of sp³-hybridized carbons (Fsp3) is 0.727. The van der Waals surface area contributed by atoms with E-state index >= 15 is 0 Å². The number of carbonyl (C=O) groups is 1. The van der Waals surface area contributed by atoms with Gasteiger partial charge in [0.05, 0.1) is 0 Å². The summed E-state index contributed by atoms with van der Waals surface area (Å²) in [6.07, 6.45) is 7.19. The van der Waals surface area contributed by atoms with E-state index in [-0.39, 0.29) is 5.92 Å². The first kappa shape index (κ1) is 10.3. The van der Waals surface area contributed by atoms with Crippen molar-refractivity contribution in [3.8, 4) is 0 Å². The molecule has 2 heteroatoms. The summed E-state index contributed by atoms with van der Waals surface area (Å²) in [4.78, 5) is 13.8. The Labute approximate surface area is 80.6 Å². The molecule has 0 atom stereocenters. The molecule has 0 N–H and O–H groups in total. The van der Waals surface area contributed by atoms with Crippen molar-refractivity contribution in [1.82, 2.24) is 4.90 Å². The van der Waals surface area contributed by atoms with Gasteiger partial charge in [-0.2, -0.15) is 0 Å². The van der Waals surface area contributed by atoms with Crippen molar-refractivity contribution in [1.29, 1.82) is 0 Å². The van der Waals surface area contributed by atoms with E-state index in [0.717, 1.165) is 32.4 Å². The van der Waals surface area contributed by atoms with Gasteiger partial charge in [-0.25, -0.2) is 0 Å². The molecule has 0 aromatic heterocycles. The molecule has 0 aromatic rings. The summed E-state index contributed by atoms with van der Waals surface area (Å²) < 4.78 is 0. The zero-order valence-electron chi connectivity index (χ0n) is 8.62. The van der Waals surface area contributed by atoms with Crippen LogP contribution in [0.1, 0.15) is 33.1 Å². The van der Waals surface area contributed by atoms with Gasteiger partial charge in [-0.1, -0.05) is 26.0 Å². The van der Waals surface area contributed by atoms with E-state index in [9.17, 15) is 4.79 Å². The monoisotopic (exact) mass is 181 g/mol. The molecular formula is C11H19NO. The highest BCUT2D eigenvalue weighted by Gasteiger charge is 2.20. The third-order valence-electron chi connectivity index (χ3n) is 2.70. The Morgan fingerprint density at radius 3 is 2.54 bits per heavy atom. The number of nitrogens with zero attached hydrogens (tertiary/aromatic N) is 1. The lowest BCUT2D eigenvalue weighted by atomic mass is 10.0. The molecule has 0 radical (unpaired) electrons. The summed E-state index contributed by atoms with van der Waals surface area (Å²) >= 11 is 0. The Hall–Kier alpha value is -0.790.